The highest BCUT2D eigenvalue weighted by Gasteiger charge is 1.89. The number of hydrogen-bond acceptors (Lipinski definition) is 2. The average molecular weight is 235 g/mol. The molecular weight excluding hydrogens is 224 g/mol. The van der Waals surface area contributed by atoms with E-state index < -0.39 is 10.7 Å². The van der Waals surface area contributed by atoms with Crippen molar-refractivity contribution in [2.75, 3.05) is 12.5 Å². The second-order valence-corrected chi connectivity index (χ2v) is 5.45. The molecule has 0 amide bonds. The summed E-state index contributed by atoms with van der Waals surface area (Å²) in [5.74, 6) is 0. The molecule has 4 heteroatoms. The molecule has 11 heavy (non-hydrogen) atoms. The molecule has 0 aliphatic rings. The summed E-state index contributed by atoms with van der Waals surface area (Å²) in [5, 5.41) is 0. The first-order valence-electron chi connectivity index (χ1n) is 3.31. The van der Waals surface area contributed by atoms with Crippen LogP contribution >= 0.6 is 15.9 Å². The lowest BCUT2D eigenvalue weighted by molar-refractivity contribution is 1.29. The van der Waals surface area contributed by atoms with Crippen molar-refractivity contribution in [3.8, 4) is 0 Å². The van der Waals surface area contributed by atoms with Gasteiger partial charge in [0.25, 0.3) is 0 Å². The molecule has 0 bridgehead atoms. The summed E-state index contributed by atoms with van der Waals surface area (Å²) in [6.45, 7) is 0. The third-order valence-electron chi connectivity index (χ3n) is 1.04. The second kappa shape index (κ2) is 3.97. The minimum atomic E-state index is -0.539. The third kappa shape index (κ3) is 3.12. The predicted molar refractivity (Wildman–Crippen MR) is 56.0 cm³/mol. The van der Waals surface area contributed by atoms with Crippen LogP contribution in [0.5, 0.6) is 0 Å². The SMILES string of the molecule is C[SH2](C)=Nc1cncc(Br)c1. The van der Waals surface area contributed by atoms with Crippen molar-refractivity contribution in [1.82, 2.24) is 4.98 Å². The molecule has 1 rings (SSSR count). The topological polar surface area (TPSA) is 25.2 Å². The zero-order chi connectivity index (χ0) is 8.27. The summed E-state index contributed by atoms with van der Waals surface area (Å²) in [4.78, 5) is 4.01. The Morgan fingerprint density at radius 2 is 2.18 bits per heavy atom. The van der Waals surface area contributed by atoms with Crippen molar-refractivity contribution in [3.63, 3.8) is 0 Å². The first kappa shape index (κ1) is 8.87. The van der Waals surface area contributed by atoms with Crippen molar-refractivity contribution in [2.45, 2.75) is 0 Å². The Morgan fingerprint density at radius 1 is 1.45 bits per heavy atom. The summed E-state index contributed by atoms with van der Waals surface area (Å²) in [6.07, 6.45) is 7.83. The van der Waals surface area contributed by atoms with E-state index in [9.17, 15) is 0 Å². The minimum Gasteiger partial charge on any atom is -0.261 e. The Balaban J connectivity index is 2.97. The summed E-state index contributed by atoms with van der Waals surface area (Å²) >= 11 is 3.34. The van der Waals surface area contributed by atoms with Crippen molar-refractivity contribution in [3.05, 3.63) is 22.9 Å². The van der Waals surface area contributed by atoms with Crippen LogP contribution in [-0.2, 0) is 10.7 Å². The van der Waals surface area contributed by atoms with Gasteiger partial charge < -0.3 is 0 Å². The maximum absolute atomic E-state index is 4.43. The summed E-state index contributed by atoms with van der Waals surface area (Å²) in [7, 11) is -0.539. The molecule has 0 atom stereocenters. The zero-order valence-corrected chi connectivity index (χ0v) is 9.09. The maximum Gasteiger partial charge on any atom is 0.0874 e. The molecule has 0 spiro atoms. The van der Waals surface area contributed by atoms with Crippen LogP contribution in [0, 0.1) is 0 Å². The van der Waals surface area contributed by atoms with Crippen molar-refractivity contribution in [1.29, 1.82) is 0 Å². The van der Waals surface area contributed by atoms with Gasteiger partial charge in [-0.25, -0.2) is 15.1 Å². The minimum absolute atomic E-state index is 0.539. The van der Waals surface area contributed by atoms with E-state index >= 15 is 0 Å². The van der Waals surface area contributed by atoms with Crippen LogP contribution in [0.2, 0.25) is 0 Å². The van der Waals surface area contributed by atoms with Crippen LogP contribution in [0.3, 0.4) is 0 Å². The molecule has 1 heterocycles. The highest BCUT2D eigenvalue weighted by atomic mass is 79.9. The van der Waals surface area contributed by atoms with Crippen LogP contribution in [-0.4, -0.2) is 17.5 Å². The van der Waals surface area contributed by atoms with Gasteiger partial charge in [0.05, 0.1) is 11.9 Å². The normalized spacial score (nSPS) is 11.0. The number of pyridine rings is 1. The molecule has 0 fully saturated rings. The van der Waals surface area contributed by atoms with Crippen LogP contribution in [0.1, 0.15) is 0 Å². The van der Waals surface area contributed by atoms with E-state index in [4.69, 9.17) is 0 Å². The second-order valence-electron chi connectivity index (χ2n) is 2.42. The van der Waals surface area contributed by atoms with Crippen LogP contribution in [0.4, 0.5) is 5.69 Å². The molecule has 62 valence electrons. The molecule has 0 saturated heterocycles. The Morgan fingerprint density at radius 3 is 2.73 bits per heavy atom. The molecule has 1 aromatic rings. The fraction of sp³-hybridized carbons (Fsp3) is 0.286. The fourth-order valence-corrected chi connectivity index (χ4v) is 1.71. The van der Waals surface area contributed by atoms with Gasteiger partial charge in [-0.05, 0) is 34.5 Å². The number of hydrogen-bond donors (Lipinski definition) is 0. The first-order chi connectivity index (χ1) is 5.18. The van der Waals surface area contributed by atoms with Gasteiger partial charge in [-0.2, -0.15) is 0 Å². The summed E-state index contributed by atoms with van der Waals surface area (Å²) < 4.78 is 5.42. The fourth-order valence-electron chi connectivity index (χ4n) is 0.720. The molecule has 0 aliphatic heterocycles. The van der Waals surface area contributed by atoms with Crippen molar-refractivity contribution >= 4 is 32.3 Å². The smallest absolute Gasteiger partial charge is 0.0874 e. The van der Waals surface area contributed by atoms with Gasteiger partial charge >= 0.3 is 0 Å². The van der Waals surface area contributed by atoms with E-state index in [1.54, 1.807) is 12.4 Å². The largest absolute Gasteiger partial charge is 0.261 e. The molecule has 0 aliphatic carbocycles. The highest BCUT2D eigenvalue weighted by Crippen LogP contribution is 2.16. The van der Waals surface area contributed by atoms with Crippen LogP contribution in [0.15, 0.2) is 27.3 Å². The highest BCUT2D eigenvalue weighted by molar-refractivity contribution is 9.10. The first-order valence-corrected chi connectivity index (χ1v) is 6.55. The average Bonchev–Trinajstić information content (AvgIpc) is 1.85. The van der Waals surface area contributed by atoms with Crippen LogP contribution < -0.4 is 0 Å². The quantitative estimate of drug-likeness (QED) is 0.730. The summed E-state index contributed by atoms with van der Waals surface area (Å²) in [6, 6.07) is 1.98. The third-order valence-corrected chi connectivity index (χ3v) is 2.18. The van der Waals surface area contributed by atoms with Crippen molar-refractivity contribution in [2.24, 2.45) is 4.36 Å². The monoisotopic (exact) mass is 234 g/mol. The van der Waals surface area contributed by atoms with Gasteiger partial charge in [-0.1, -0.05) is 0 Å². The van der Waals surface area contributed by atoms with Gasteiger partial charge in [0.15, 0.2) is 0 Å². The summed E-state index contributed by atoms with van der Waals surface area (Å²) in [5.41, 5.74) is 0.971. The molecule has 0 aromatic carbocycles. The standard InChI is InChI=1S/C7H11BrN2S/c1-11(2)10-7-3-6(8)4-9-5-7/h3-5H,11H2,1-2H3. The maximum atomic E-state index is 4.43. The molecule has 0 unspecified atom stereocenters. The van der Waals surface area contributed by atoms with Gasteiger partial charge in [-0.3, -0.25) is 4.98 Å². The number of nitrogens with zero attached hydrogens (tertiary/aromatic N) is 2. The van der Waals surface area contributed by atoms with E-state index in [1.807, 2.05) is 6.07 Å². The van der Waals surface area contributed by atoms with E-state index in [1.165, 1.54) is 0 Å². The number of halogens is 1. The number of rotatable bonds is 1. The van der Waals surface area contributed by atoms with Gasteiger partial charge in [0.1, 0.15) is 0 Å². The zero-order valence-electron chi connectivity index (χ0n) is 6.50. The molecule has 0 saturated carbocycles. The molecule has 0 N–H and O–H groups in total. The van der Waals surface area contributed by atoms with Gasteiger partial charge in [0, 0.05) is 10.7 Å². The predicted octanol–water partition coefficient (Wildman–Crippen LogP) is 2.00. The van der Waals surface area contributed by atoms with Crippen molar-refractivity contribution < 1.29 is 0 Å². The van der Waals surface area contributed by atoms with E-state index in [2.05, 4.69) is 37.8 Å². The Hall–Kier alpha value is -0.220. The lowest BCUT2D eigenvalue weighted by atomic mass is 10.4. The Kier molecular flexibility index (Phi) is 3.20. The Bertz CT molecular complexity index is 282. The van der Waals surface area contributed by atoms with E-state index in [0.29, 0.717) is 0 Å². The van der Waals surface area contributed by atoms with Gasteiger partial charge in [0.2, 0.25) is 0 Å². The van der Waals surface area contributed by atoms with Gasteiger partial charge in [-0.15, -0.1) is 0 Å². The van der Waals surface area contributed by atoms with Crippen LogP contribution in [0.25, 0.3) is 0 Å². The molecule has 0 radical (unpaired) electrons. The number of aromatic nitrogens is 1. The van der Waals surface area contributed by atoms with E-state index in [0.717, 1.165) is 10.2 Å². The lowest BCUT2D eigenvalue weighted by Gasteiger charge is -1.96. The molecule has 1 aromatic heterocycles. The lowest BCUT2D eigenvalue weighted by Crippen LogP contribution is -1.77. The van der Waals surface area contributed by atoms with E-state index in [-0.39, 0.29) is 0 Å². The molecule has 2 nitrogen and oxygen atoms in total. The Labute approximate surface area is 77.3 Å². The molecular formula is C7H11BrN2S.